The fraction of sp³-hybridized carbons (Fsp3) is 0.600. The number of hydrogen-bond donors (Lipinski definition) is 0. The van der Waals surface area contributed by atoms with Crippen molar-refractivity contribution < 1.29 is 21.6 Å². The van der Waals surface area contributed by atoms with E-state index in [1.807, 2.05) is 19.0 Å². The van der Waals surface area contributed by atoms with Gasteiger partial charge in [-0.15, -0.1) is 0 Å². The van der Waals surface area contributed by atoms with Crippen LogP contribution in [0.25, 0.3) is 0 Å². The molecule has 0 radical (unpaired) electrons. The van der Waals surface area contributed by atoms with Gasteiger partial charge in [0.2, 0.25) is 10.0 Å². The van der Waals surface area contributed by atoms with E-state index >= 15 is 0 Å². The van der Waals surface area contributed by atoms with Crippen molar-refractivity contribution in [1.82, 2.24) is 9.21 Å². The molecule has 1 fully saturated rings. The Morgan fingerprint density at radius 2 is 1.88 bits per heavy atom. The molecule has 9 heteroatoms. The van der Waals surface area contributed by atoms with Crippen molar-refractivity contribution in [2.75, 3.05) is 38.7 Å². The number of halogens is 3. The van der Waals surface area contributed by atoms with E-state index in [2.05, 4.69) is 0 Å². The first kappa shape index (κ1) is 19.6. The van der Waals surface area contributed by atoms with Crippen LogP contribution in [0.5, 0.6) is 0 Å². The molecule has 0 unspecified atom stereocenters. The molecule has 0 N–H and O–H groups in total. The Kier molecular flexibility index (Phi) is 6.22. The van der Waals surface area contributed by atoms with Crippen molar-refractivity contribution in [3.05, 3.63) is 29.8 Å². The quantitative estimate of drug-likeness (QED) is 0.803. The molecule has 136 valence electrons. The zero-order chi connectivity index (χ0) is 18.0. The molecular formula is C15H21F3N2O2S2. The van der Waals surface area contributed by atoms with Gasteiger partial charge in [0, 0.05) is 24.9 Å². The second-order valence-corrected chi connectivity index (χ2v) is 9.02. The van der Waals surface area contributed by atoms with Gasteiger partial charge in [-0.1, -0.05) is 0 Å². The van der Waals surface area contributed by atoms with Gasteiger partial charge in [-0.25, -0.2) is 8.42 Å². The van der Waals surface area contributed by atoms with Gasteiger partial charge < -0.3 is 4.90 Å². The lowest BCUT2D eigenvalue weighted by molar-refractivity contribution is -0.137. The molecular weight excluding hydrogens is 361 g/mol. The number of thioether (sulfide) groups is 1. The molecule has 1 aliphatic heterocycles. The summed E-state index contributed by atoms with van der Waals surface area (Å²) in [7, 11) is -0.0694. The fourth-order valence-corrected chi connectivity index (χ4v) is 5.45. The van der Waals surface area contributed by atoms with Crippen molar-refractivity contribution in [2.45, 2.75) is 23.5 Å². The highest BCUT2D eigenvalue weighted by Gasteiger charge is 2.34. The average Bonchev–Trinajstić information content (AvgIpc) is 2.71. The molecule has 0 amide bonds. The summed E-state index contributed by atoms with van der Waals surface area (Å²) in [5.41, 5.74) is -0.849. The Bertz CT molecular complexity index is 646. The zero-order valence-corrected chi connectivity index (χ0v) is 15.2. The summed E-state index contributed by atoms with van der Waals surface area (Å²) in [5.74, 6) is 1.56. The molecule has 1 aliphatic rings. The standard InChI is InChI=1S/C15H21F3N2O2S2/c1-19(2)10-13-11-23-9-3-8-20(13)24(21,22)14-6-4-12(5-7-14)15(16,17)18/h4-7,13H,3,8-11H2,1-2H3/t13-/m1/s1. The highest BCUT2D eigenvalue weighted by atomic mass is 32.2. The lowest BCUT2D eigenvalue weighted by Crippen LogP contribution is -2.46. The average molecular weight is 382 g/mol. The van der Waals surface area contributed by atoms with E-state index < -0.39 is 21.8 Å². The second-order valence-electron chi connectivity index (χ2n) is 5.98. The SMILES string of the molecule is CN(C)C[C@@H]1CSCCCN1S(=O)(=O)c1ccc(C(F)(F)F)cc1. The normalized spacial score (nSPS) is 21.0. The summed E-state index contributed by atoms with van der Waals surface area (Å²) in [4.78, 5) is 1.83. The highest BCUT2D eigenvalue weighted by molar-refractivity contribution is 7.99. The van der Waals surface area contributed by atoms with Crippen molar-refractivity contribution in [3.63, 3.8) is 0 Å². The van der Waals surface area contributed by atoms with Gasteiger partial charge in [-0.05, 0) is 50.5 Å². The lowest BCUT2D eigenvalue weighted by Gasteiger charge is -2.30. The third kappa shape index (κ3) is 4.65. The van der Waals surface area contributed by atoms with Crippen LogP contribution in [-0.2, 0) is 16.2 Å². The summed E-state index contributed by atoms with van der Waals surface area (Å²) in [6.07, 6.45) is -3.75. The molecule has 1 heterocycles. The van der Waals surface area contributed by atoms with Crippen molar-refractivity contribution in [3.8, 4) is 0 Å². The van der Waals surface area contributed by atoms with E-state index in [4.69, 9.17) is 0 Å². The minimum Gasteiger partial charge on any atom is -0.308 e. The maximum absolute atomic E-state index is 12.9. The number of likely N-dealkylation sites (N-methyl/N-ethyl adjacent to an activating group) is 1. The van der Waals surface area contributed by atoms with E-state index in [1.165, 1.54) is 4.31 Å². The second kappa shape index (κ2) is 7.63. The van der Waals surface area contributed by atoms with Gasteiger partial charge in [0.15, 0.2) is 0 Å². The predicted octanol–water partition coefficient (Wildman–Crippen LogP) is 2.76. The number of benzene rings is 1. The van der Waals surface area contributed by atoms with E-state index in [0.29, 0.717) is 18.8 Å². The predicted molar refractivity (Wildman–Crippen MR) is 89.6 cm³/mol. The third-order valence-electron chi connectivity index (χ3n) is 3.75. The molecule has 1 saturated heterocycles. The summed E-state index contributed by atoms with van der Waals surface area (Å²) in [6, 6.07) is 3.53. The molecule has 2 rings (SSSR count). The molecule has 24 heavy (non-hydrogen) atoms. The number of alkyl halides is 3. The van der Waals surface area contributed by atoms with Crippen molar-refractivity contribution in [1.29, 1.82) is 0 Å². The molecule has 1 aromatic carbocycles. The summed E-state index contributed by atoms with van der Waals surface area (Å²) < 4.78 is 65.2. The van der Waals surface area contributed by atoms with Gasteiger partial charge >= 0.3 is 6.18 Å². The van der Waals surface area contributed by atoms with Crippen molar-refractivity contribution in [2.24, 2.45) is 0 Å². The first-order chi connectivity index (χ1) is 11.1. The summed E-state index contributed by atoms with van der Waals surface area (Å²) >= 11 is 1.71. The smallest absolute Gasteiger partial charge is 0.308 e. The van der Waals surface area contributed by atoms with Crippen LogP contribution in [0, 0.1) is 0 Å². The molecule has 1 aromatic rings. The van der Waals surface area contributed by atoms with Crippen LogP contribution < -0.4 is 0 Å². The van der Waals surface area contributed by atoms with Gasteiger partial charge in [-0.3, -0.25) is 0 Å². The first-order valence-corrected chi connectivity index (χ1v) is 10.1. The zero-order valence-electron chi connectivity index (χ0n) is 13.6. The monoisotopic (exact) mass is 382 g/mol. The van der Waals surface area contributed by atoms with Crippen molar-refractivity contribution >= 4 is 21.8 Å². The molecule has 4 nitrogen and oxygen atoms in total. The van der Waals surface area contributed by atoms with E-state index in [-0.39, 0.29) is 10.9 Å². The van der Waals surface area contributed by atoms with Gasteiger partial charge in [0.1, 0.15) is 0 Å². The number of hydrogen-bond acceptors (Lipinski definition) is 4. The van der Waals surface area contributed by atoms with Crippen LogP contribution in [0.4, 0.5) is 13.2 Å². The summed E-state index contributed by atoms with van der Waals surface area (Å²) in [5, 5.41) is 0. The topological polar surface area (TPSA) is 40.6 Å². The number of nitrogens with zero attached hydrogens (tertiary/aromatic N) is 2. The van der Waals surface area contributed by atoms with Crippen LogP contribution in [0.1, 0.15) is 12.0 Å². The fourth-order valence-electron chi connectivity index (χ4n) is 2.64. The Labute approximate surface area is 145 Å². The molecule has 0 aromatic heterocycles. The van der Waals surface area contributed by atoms with Crippen LogP contribution in [-0.4, -0.2) is 62.4 Å². The van der Waals surface area contributed by atoms with E-state index in [9.17, 15) is 21.6 Å². The van der Waals surface area contributed by atoms with E-state index in [1.54, 1.807) is 11.8 Å². The molecule has 0 bridgehead atoms. The molecule has 0 aliphatic carbocycles. The highest BCUT2D eigenvalue weighted by Crippen LogP contribution is 2.31. The Balaban J connectivity index is 2.32. The third-order valence-corrected chi connectivity index (χ3v) is 6.91. The molecule has 0 spiro atoms. The number of rotatable bonds is 4. The largest absolute Gasteiger partial charge is 0.416 e. The van der Waals surface area contributed by atoms with Crippen LogP contribution >= 0.6 is 11.8 Å². The Morgan fingerprint density at radius 1 is 1.25 bits per heavy atom. The number of sulfonamides is 1. The molecule has 1 atom stereocenters. The van der Waals surface area contributed by atoms with Crippen LogP contribution in [0.15, 0.2) is 29.2 Å². The van der Waals surface area contributed by atoms with Gasteiger partial charge in [-0.2, -0.15) is 29.2 Å². The summed E-state index contributed by atoms with van der Waals surface area (Å²) in [6.45, 7) is 0.960. The minimum absolute atomic E-state index is 0.0915. The first-order valence-electron chi connectivity index (χ1n) is 7.54. The van der Waals surface area contributed by atoms with Crippen LogP contribution in [0.2, 0.25) is 0 Å². The van der Waals surface area contributed by atoms with Crippen LogP contribution in [0.3, 0.4) is 0 Å². The molecule has 0 saturated carbocycles. The van der Waals surface area contributed by atoms with Gasteiger partial charge in [0.25, 0.3) is 0 Å². The lowest BCUT2D eigenvalue weighted by atomic mass is 10.2. The van der Waals surface area contributed by atoms with E-state index in [0.717, 1.165) is 36.4 Å². The Morgan fingerprint density at radius 3 is 2.42 bits per heavy atom. The minimum atomic E-state index is -4.48. The Hall–Kier alpha value is -0.770. The maximum atomic E-state index is 12.9. The van der Waals surface area contributed by atoms with Gasteiger partial charge in [0.05, 0.1) is 10.5 Å². The maximum Gasteiger partial charge on any atom is 0.416 e.